The third-order valence-electron chi connectivity index (χ3n) is 3.74. The first-order valence-corrected chi connectivity index (χ1v) is 6.56. The zero-order valence-corrected chi connectivity index (χ0v) is 10.4. The van der Waals surface area contributed by atoms with Crippen molar-refractivity contribution in [2.45, 2.75) is 38.0 Å². The molecule has 1 aromatic heterocycles. The van der Waals surface area contributed by atoms with Gasteiger partial charge in [0, 0.05) is 17.0 Å². The van der Waals surface area contributed by atoms with Crippen LogP contribution in [0.1, 0.15) is 43.8 Å². The Labute approximate surface area is 106 Å². The molecule has 0 radical (unpaired) electrons. The quantitative estimate of drug-likeness (QED) is 0.754. The fourth-order valence-electron chi connectivity index (χ4n) is 2.73. The van der Waals surface area contributed by atoms with Crippen molar-refractivity contribution in [3.63, 3.8) is 0 Å². The normalized spacial score (nSPS) is 17.1. The molecule has 0 spiro atoms. The predicted molar refractivity (Wildman–Crippen MR) is 74.2 cm³/mol. The summed E-state index contributed by atoms with van der Waals surface area (Å²) >= 11 is 0. The monoisotopic (exact) mass is 242 g/mol. The largest absolute Gasteiger partial charge is 0.399 e. The van der Waals surface area contributed by atoms with E-state index in [-0.39, 0.29) is 0 Å². The van der Waals surface area contributed by atoms with Crippen molar-refractivity contribution in [3.05, 3.63) is 24.0 Å². The minimum absolute atomic E-state index is 0.475. The number of aromatic nitrogens is 2. The topological polar surface area (TPSA) is 77.8 Å². The number of nitrogen functional groups attached to an aromatic ring is 2. The molecule has 1 saturated carbocycles. The second kappa shape index (κ2) is 4.44. The van der Waals surface area contributed by atoms with Gasteiger partial charge in [0.05, 0.1) is 5.52 Å². The molecule has 0 bridgehead atoms. The zero-order valence-electron chi connectivity index (χ0n) is 10.4. The highest BCUT2D eigenvalue weighted by molar-refractivity contribution is 5.90. The van der Waals surface area contributed by atoms with E-state index in [1.807, 2.05) is 18.2 Å². The van der Waals surface area contributed by atoms with Crippen LogP contribution < -0.4 is 11.5 Å². The summed E-state index contributed by atoms with van der Waals surface area (Å²) in [4.78, 5) is 9.13. The second-order valence-electron chi connectivity index (χ2n) is 5.08. The summed E-state index contributed by atoms with van der Waals surface area (Å²) in [7, 11) is 0. The molecule has 0 atom stereocenters. The Bertz CT molecular complexity index is 573. The van der Waals surface area contributed by atoms with Gasteiger partial charge in [-0.15, -0.1) is 0 Å². The lowest BCUT2D eigenvalue weighted by Gasteiger charge is -2.20. The molecule has 0 amide bonds. The number of fused-ring (bicyclic) bond motifs is 1. The average Bonchev–Trinajstić information content (AvgIpc) is 2.40. The van der Waals surface area contributed by atoms with Gasteiger partial charge >= 0.3 is 0 Å². The van der Waals surface area contributed by atoms with Crippen molar-refractivity contribution in [2.75, 3.05) is 11.5 Å². The Hall–Kier alpha value is -1.84. The van der Waals surface area contributed by atoms with Crippen LogP contribution in [0.3, 0.4) is 0 Å². The lowest BCUT2D eigenvalue weighted by molar-refractivity contribution is 0.430. The van der Waals surface area contributed by atoms with Gasteiger partial charge in [0.25, 0.3) is 0 Å². The van der Waals surface area contributed by atoms with E-state index >= 15 is 0 Å². The Morgan fingerprint density at radius 2 is 1.78 bits per heavy atom. The summed E-state index contributed by atoms with van der Waals surface area (Å²) in [6.45, 7) is 0. The van der Waals surface area contributed by atoms with E-state index in [4.69, 9.17) is 11.5 Å². The number of hydrogen-bond acceptors (Lipinski definition) is 4. The van der Waals surface area contributed by atoms with E-state index in [1.165, 1.54) is 32.1 Å². The second-order valence-corrected chi connectivity index (χ2v) is 5.08. The number of anilines is 2. The van der Waals surface area contributed by atoms with Crippen molar-refractivity contribution in [1.82, 2.24) is 9.97 Å². The van der Waals surface area contributed by atoms with Crippen LogP contribution in [0, 0.1) is 0 Å². The van der Waals surface area contributed by atoms with E-state index in [1.54, 1.807) is 0 Å². The number of hydrogen-bond donors (Lipinski definition) is 2. The van der Waals surface area contributed by atoms with Crippen LogP contribution >= 0.6 is 0 Å². The highest BCUT2D eigenvalue weighted by Crippen LogP contribution is 2.32. The summed E-state index contributed by atoms with van der Waals surface area (Å²) in [6.07, 6.45) is 6.23. The minimum atomic E-state index is 0.475. The molecular formula is C14H18N4. The minimum Gasteiger partial charge on any atom is -0.399 e. The molecule has 4 N–H and O–H groups in total. The summed E-state index contributed by atoms with van der Waals surface area (Å²) in [6, 6.07) is 5.63. The van der Waals surface area contributed by atoms with Crippen LogP contribution in [0.2, 0.25) is 0 Å². The Kier molecular flexibility index (Phi) is 2.78. The molecule has 1 fully saturated rings. The maximum absolute atomic E-state index is 6.03. The average molecular weight is 242 g/mol. The van der Waals surface area contributed by atoms with Crippen LogP contribution in [-0.2, 0) is 0 Å². The fourth-order valence-corrected chi connectivity index (χ4v) is 2.73. The number of benzene rings is 1. The van der Waals surface area contributed by atoms with Crippen molar-refractivity contribution in [3.8, 4) is 0 Å². The van der Waals surface area contributed by atoms with Crippen LogP contribution in [0.4, 0.5) is 11.5 Å². The molecule has 1 aromatic carbocycles. The SMILES string of the molecule is Nc1ccc2nc(C3CCCCC3)nc(N)c2c1. The van der Waals surface area contributed by atoms with Crippen LogP contribution in [0.25, 0.3) is 10.9 Å². The van der Waals surface area contributed by atoms with Crippen molar-refractivity contribution in [1.29, 1.82) is 0 Å². The molecular weight excluding hydrogens is 224 g/mol. The number of nitrogens with two attached hydrogens (primary N) is 2. The lowest BCUT2D eigenvalue weighted by Crippen LogP contribution is -2.10. The van der Waals surface area contributed by atoms with Gasteiger partial charge < -0.3 is 11.5 Å². The van der Waals surface area contributed by atoms with Crippen LogP contribution in [-0.4, -0.2) is 9.97 Å². The molecule has 94 valence electrons. The summed E-state index contributed by atoms with van der Waals surface area (Å²) in [5.41, 5.74) is 13.4. The molecule has 2 aromatic rings. The van der Waals surface area contributed by atoms with E-state index < -0.39 is 0 Å². The molecule has 1 aliphatic carbocycles. The number of nitrogens with zero attached hydrogens (tertiary/aromatic N) is 2. The van der Waals surface area contributed by atoms with Gasteiger partial charge in [-0.1, -0.05) is 19.3 Å². The Morgan fingerprint density at radius 3 is 2.56 bits per heavy atom. The summed E-state index contributed by atoms with van der Waals surface area (Å²) < 4.78 is 0. The maximum Gasteiger partial charge on any atom is 0.135 e. The molecule has 4 nitrogen and oxygen atoms in total. The molecule has 18 heavy (non-hydrogen) atoms. The van der Waals surface area contributed by atoms with Gasteiger partial charge in [-0.25, -0.2) is 9.97 Å². The smallest absolute Gasteiger partial charge is 0.135 e. The van der Waals surface area contributed by atoms with E-state index in [9.17, 15) is 0 Å². The fraction of sp³-hybridized carbons (Fsp3) is 0.429. The van der Waals surface area contributed by atoms with Gasteiger partial charge in [0.1, 0.15) is 11.6 Å². The van der Waals surface area contributed by atoms with Crippen LogP contribution in [0.5, 0.6) is 0 Å². The molecule has 1 heterocycles. The van der Waals surface area contributed by atoms with Gasteiger partial charge in [-0.3, -0.25) is 0 Å². The first-order valence-electron chi connectivity index (χ1n) is 6.56. The third-order valence-corrected chi connectivity index (χ3v) is 3.74. The first kappa shape index (κ1) is 11.3. The Morgan fingerprint density at radius 1 is 1.00 bits per heavy atom. The van der Waals surface area contributed by atoms with Gasteiger partial charge in [0.2, 0.25) is 0 Å². The Balaban J connectivity index is 2.06. The standard InChI is InChI=1S/C14H18N4/c15-10-6-7-12-11(8-10)13(16)18-14(17-12)9-4-2-1-3-5-9/h6-9H,1-5,15H2,(H2,16,17,18). The summed E-state index contributed by atoms with van der Waals surface area (Å²) in [5, 5.41) is 0.856. The predicted octanol–water partition coefficient (Wildman–Crippen LogP) is 2.84. The molecule has 0 unspecified atom stereocenters. The van der Waals surface area contributed by atoms with Gasteiger partial charge in [0.15, 0.2) is 0 Å². The molecule has 0 aliphatic heterocycles. The van der Waals surface area contributed by atoms with Gasteiger partial charge in [-0.05, 0) is 31.0 Å². The lowest BCUT2D eigenvalue weighted by atomic mass is 9.88. The third kappa shape index (κ3) is 1.98. The molecule has 3 rings (SSSR count). The van der Waals surface area contributed by atoms with Crippen molar-refractivity contribution >= 4 is 22.4 Å². The van der Waals surface area contributed by atoms with Crippen molar-refractivity contribution < 1.29 is 0 Å². The molecule has 4 heteroatoms. The number of rotatable bonds is 1. The van der Waals surface area contributed by atoms with Crippen LogP contribution in [0.15, 0.2) is 18.2 Å². The van der Waals surface area contributed by atoms with Crippen molar-refractivity contribution in [2.24, 2.45) is 0 Å². The molecule has 1 aliphatic rings. The highest BCUT2D eigenvalue weighted by atomic mass is 15.0. The van der Waals surface area contributed by atoms with E-state index in [0.29, 0.717) is 17.4 Å². The van der Waals surface area contributed by atoms with E-state index in [0.717, 1.165) is 16.7 Å². The highest BCUT2D eigenvalue weighted by Gasteiger charge is 2.19. The zero-order chi connectivity index (χ0) is 12.5. The summed E-state index contributed by atoms with van der Waals surface area (Å²) in [5.74, 6) is 1.93. The van der Waals surface area contributed by atoms with Gasteiger partial charge in [-0.2, -0.15) is 0 Å². The molecule has 0 saturated heterocycles. The first-order chi connectivity index (χ1) is 8.74. The van der Waals surface area contributed by atoms with E-state index in [2.05, 4.69) is 9.97 Å². The maximum atomic E-state index is 6.03.